The average molecular weight is 879 g/mol. The summed E-state index contributed by atoms with van der Waals surface area (Å²) < 4.78 is 27.1. The highest BCUT2D eigenvalue weighted by atomic mass is 16.5. The molecule has 2 aromatic heterocycles. The summed E-state index contributed by atoms with van der Waals surface area (Å²) >= 11 is 0. The molecule has 8 rings (SSSR count). The second kappa shape index (κ2) is 18.5. The highest BCUT2D eigenvalue weighted by Crippen LogP contribution is 2.44. The number of hydrogen-bond donors (Lipinski definition) is 4. The van der Waals surface area contributed by atoms with E-state index in [1.165, 1.54) is 21.3 Å². The molecule has 2 fully saturated rings. The lowest BCUT2D eigenvalue weighted by Gasteiger charge is -2.30. The van der Waals surface area contributed by atoms with E-state index in [9.17, 15) is 19.2 Å². The number of imidazole rings is 2. The van der Waals surface area contributed by atoms with Crippen molar-refractivity contribution < 1.29 is 42.9 Å². The molecule has 64 heavy (non-hydrogen) atoms. The summed E-state index contributed by atoms with van der Waals surface area (Å²) in [6, 6.07) is 12.2. The Hall–Kier alpha value is -6.20. The van der Waals surface area contributed by atoms with Gasteiger partial charge in [0.15, 0.2) is 0 Å². The molecular formula is C47H58N8O9. The van der Waals surface area contributed by atoms with Gasteiger partial charge in [-0.15, -0.1) is 0 Å². The SMILES string of the molecule is CC[C@H](C)[C@H](NC(=O)OC)C(=O)N1C[C@@H](C)CC1c1ncc(-c2ccc3c(c2)COc2cc4c(ccc5nc([C@@H]6C[C@H](COC)CN6C(=O)[C@@H](NC(=O)OC)[C@@H](C)OC)[nH]c54)cc2-3)[nH]1. The number of amides is 4. The van der Waals surface area contributed by atoms with Crippen molar-refractivity contribution in [2.45, 2.75) is 83.8 Å². The molecule has 3 aromatic carbocycles. The first-order chi connectivity index (χ1) is 30.8. The molecule has 17 nitrogen and oxygen atoms in total. The van der Waals surface area contributed by atoms with Gasteiger partial charge in [-0.2, -0.15) is 0 Å². The molecule has 5 aromatic rings. The first kappa shape index (κ1) is 44.4. The van der Waals surface area contributed by atoms with Crippen LogP contribution in [0.4, 0.5) is 9.59 Å². The fourth-order valence-electron chi connectivity index (χ4n) is 9.55. The molecule has 0 radical (unpaired) electrons. The lowest BCUT2D eigenvalue weighted by molar-refractivity contribution is -0.138. The molecule has 340 valence electrons. The molecule has 0 bridgehead atoms. The van der Waals surface area contributed by atoms with Crippen molar-refractivity contribution in [1.29, 1.82) is 0 Å². The Bertz CT molecular complexity index is 2560. The lowest BCUT2D eigenvalue weighted by atomic mass is 9.92. The maximum absolute atomic E-state index is 14.1. The number of nitrogens with one attached hydrogen (secondary N) is 4. The van der Waals surface area contributed by atoms with Crippen LogP contribution in [0.25, 0.3) is 44.2 Å². The fourth-order valence-corrected chi connectivity index (χ4v) is 9.55. The molecular weight excluding hydrogens is 821 g/mol. The van der Waals surface area contributed by atoms with E-state index < -0.39 is 36.4 Å². The van der Waals surface area contributed by atoms with Gasteiger partial charge in [-0.05, 0) is 77.9 Å². The maximum atomic E-state index is 14.1. The number of carbonyl (C=O) groups is 4. The van der Waals surface area contributed by atoms with Gasteiger partial charge in [0.1, 0.15) is 36.1 Å². The van der Waals surface area contributed by atoms with E-state index in [1.54, 1.807) is 18.9 Å². The average Bonchev–Trinajstić information content (AvgIpc) is 4.14. The van der Waals surface area contributed by atoms with Gasteiger partial charge in [0, 0.05) is 44.2 Å². The number of ether oxygens (including phenoxy) is 5. The van der Waals surface area contributed by atoms with Gasteiger partial charge >= 0.3 is 12.2 Å². The van der Waals surface area contributed by atoms with E-state index in [0.29, 0.717) is 50.8 Å². The summed E-state index contributed by atoms with van der Waals surface area (Å²) in [5, 5.41) is 7.36. The Morgan fingerprint density at radius 2 is 1.58 bits per heavy atom. The lowest BCUT2D eigenvalue weighted by Crippen LogP contribution is -2.54. The Labute approximate surface area is 371 Å². The summed E-state index contributed by atoms with van der Waals surface area (Å²) in [4.78, 5) is 73.1. The van der Waals surface area contributed by atoms with Crippen molar-refractivity contribution >= 4 is 45.8 Å². The predicted molar refractivity (Wildman–Crippen MR) is 238 cm³/mol. The molecule has 1 unspecified atom stereocenters. The smallest absolute Gasteiger partial charge is 0.407 e. The minimum atomic E-state index is -0.971. The fraction of sp³-hybridized carbons (Fsp3) is 0.489. The third-order valence-electron chi connectivity index (χ3n) is 13.3. The molecule has 0 saturated carbocycles. The quantitative estimate of drug-likeness (QED) is 0.0988. The van der Waals surface area contributed by atoms with Crippen LogP contribution in [0, 0.1) is 17.8 Å². The molecule has 0 spiro atoms. The number of rotatable bonds is 13. The van der Waals surface area contributed by atoms with Crippen LogP contribution in [0.3, 0.4) is 0 Å². The standard InChI is InChI=1S/C47H58N8O9/c1-9-25(3)39(52-46(58)62-7)44(56)54-20-24(2)14-36(54)42-48-19-35(50-42)29-10-12-31-30(16-29)23-64-38-18-32-28(17-33(31)38)11-13-34-41(32)51-43(49-34)37-15-27(22-60-5)21-55(37)45(57)40(26(4)61-6)53-47(59)63-8/h10-13,16-19,24-27,36-37,39-40H,9,14-15,20-23H2,1-8H3,(H,48,50)(H,49,51)(H,52,58)(H,53,59)/t24-,25-,26+,27-,36?,37-,39-,40-/m0/s1. The molecule has 17 heteroatoms. The first-order valence-corrected chi connectivity index (χ1v) is 21.9. The van der Waals surface area contributed by atoms with Crippen molar-refractivity contribution in [2.24, 2.45) is 17.8 Å². The van der Waals surface area contributed by atoms with Crippen molar-refractivity contribution in [3.63, 3.8) is 0 Å². The zero-order chi connectivity index (χ0) is 45.4. The largest absolute Gasteiger partial charge is 0.488 e. The number of fused-ring (bicyclic) bond motifs is 6. The van der Waals surface area contributed by atoms with Gasteiger partial charge in [0.05, 0.1) is 61.9 Å². The molecule has 3 aliphatic rings. The van der Waals surface area contributed by atoms with Crippen LogP contribution in [-0.4, -0.2) is 120 Å². The highest BCUT2D eigenvalue weighted by molar-refractivity contribution is 6.07. The van der Waals surface area contributed by atoms with Crippen LogP contribution < -0.4 is 15.4 Å². The van der Waals surface area contributed by atoms with Crippen molar-refractivity contribution in [3.05, 3.63) is 65.9 Å². The molecule has 4 N–H and O–H groups in total. The van der Waals surface area contributed by atoms with E-state index >= 15 is 0 Å². The number of aromatic nitrogens is 4. The number of alkyl carbamates (subject to hydrolysis) is 2. The highest BCUT2D eigenvalue weighted by Gasteiger charge is 2.43. The van der Waals surface area contributed by atoms with Crippen molar-refractivity contribution in [3.8, 4) is 28.1 Å². The van der Waals surface area contributed by atoms with E-state index in [0.717, 1.165) is 61.9 Å². The van der Waals surface area contributed by atoms with E-state index in [2.05, 4.69) is 57.9 Å². The summed E-state index contributed by atoms with van der Waals surface area (Å²) in [6.45, 7) is 9.62. The van der Waals surface area contributed by atoms with Gasteiger partial charge in [-0.3, -0.25) is 9.59 Å². The monoisotopic (exact) mass is 878 g/mol. The Morgan fingerprint density at radius 3 is 2.30 bits per heavy atom. The van der Waals surface area contributed by atoms with Gasteiger partial charge < -0.3 is 54.1 Å². The Kier molecular flexibility index (Phi) is 12.8. The number of methoxy groups -OCH3 is 4. The van der Waals surface area contributed by atoms with Crippen molar-refractivity contribution in [2.75, 3.05) is 48.1 Å². The Balaban J connectivity index is 1.05. The minimum absolute atomic E-state index is 0.0552. The number of nitrogens with zero attached hydrogens (tertiary/aromatic N) is 4. The number of aromatic amines is 2. The van der Waals surface area contributed by atoms with E-state index in [4.69, 9.17) is 33.7 Å². The normalized spacial score (nSPS) is 21.1. The number of benzene rings is 3. The van der Waals surface area contributed by atoms with Crippen LogP contribution >= 0.6 is 0 Å². The van der Waals surface area contributed by atoms with Gasteiger partial charge in [0.2, 0.25) is 11.8 Å². The van der Waals surface area contributed by atoms with Gasteiger partial charge in [-0.25, -0.2) is 19.6 Å². The van der Waals surface area contributed by atoms with Crippen LogP contribution in [0.15, 0.2) is 48.7 Å². The van der Waals surface area contributed by atoms with Crippen LogP contribution in [0.2, 0.25) is 0 Å². The maximum Gasteiger partial charge on any atom is 0.407 e. The summed E-state index contributed by atoms with van der Waals surface area (Å²) in [7, 11) is 5.69. The molecule has 8 atom stereocenters. The van der Waals surface area contributed by atoms with Gasteiger partial charge in [-0.1, -0.05) is 45.4 Å². The Morgan fingerprint density at radius 1 is 0.859 bits per heavy atom. The summed E-state index contributed by atoms with van der Waals surface area (Å²) in [5.74, 6) is 1.89. The second-order valence-corrected chi connectivity index (χ2v) is 17.5. The molecule has 3 aliphatic heterocycles. The minimum Gasteiger partial charge on any atom is -0.488 e. The van der Waals surface area contributed by atoms with Crippen LogP contribution in [0.1, 0.15) is 76.3 Å². The second-order valence-electron chi connectivity index (χ2n) is 17.5. The third kappa shape index (κ3) is 8.45. The van der Waals surface area contributed by atoms with Crippen molar-refractivity contribution in [1.82, 2.24) is 40.4 Å². The topological polar surface area (TPSA) is 202 Å². The summed E-state index contributed by atoms with van der Waals surface area (Å²) in [5.41, 5.74) is 6.44. The van der Waals surface area contributed by atoms with Gasteiger partial charge in [0.25, 0.3) is 0 Å². The van der Waals surface area contributed by atoms with E-state index in [1.807, 2.05) is 37.1 Å². The number of H-pyrrole nitrogens is 2. The van der Waals surface area contributed by atoms with Crippen LogP contribution in [-0.2, 0) is 35.1 Å². The van der Waals surface area contributed by atoms with E-state index in [-0.39, 0.29) is 35.6 Å². The number of carbonyl (C=O) groups excluding carboxylic acids is 4. The number of likely N-dealkylation sites (tertiary alicyclic amines) is 2. The molecule has 5 heterocycles. The molecule has 4 amide bonds. The third-order valence-corrected chi connectivity index (χ3v) is 13.3. The zero-order valence-corrected chi connectivity index (χ0v) is 37.7. The van der Waals surface area contributed by atoms with Crippen LogP contribution in [0.5, 0.6) is 5.75 Å². The first-order valence-electron chi connectivity index (χ1n) is 21.9. The predicted octanol–water partition coefficient (Wildman–Crippen LogP) is 6.64. The summed E-state index contributed by atoms with van der Waals surface area (Å²) in [6.07, 6.45) is 1.94. The molecule has 2 saturated heterocycles. The zero-order valence-electron chi connectivity index (χ0n) is 37.7. The molecule has 0 aliphatic carbocycles. The number of hydrogen-bond acceptors (Lipinski definition) is 11.